The Bertz CT molecular complexity index is 552. The minimum atomic E-state index is -0.207. The van der Waals surface area contributed by atoms with Crippen LogP contribution < -0.4 is 4.90 Å². The van der Waals surface area contributed by atoms with E-state index in [4.69, 9.17) is 4.98 Å². The van der Waals surface area contributed by atoms with E-state index in [9.17, 15) is 4.39 Å². The number of hydrogen-bond acceptors (Lipinski definition) is 3. The van der Waals surface area contributed by atoms with Gasteiger partial charge in [-0.2, -0.15) is 0 Å². The Kier molecular flexibility index (Phi) is 3.20. The molecule has 2 nitrogen and oxygen atoms in total. The predicted octanol–water partition coefficient (Wildman–Crippen LogP) is 3.65. The number of aryl methyl sites for hydroxylation is 1. The first kappa shape index (κ1) is 11.9. The van der Waals surface area contributed by atoms with E-state index < -0.39 is 0 Å². The number of anilines is 1. The van der Waals surface area contributed by atoms with Crippen molar-refractivity contribution in [2.75, 3.05) is 24.7 Å². The summed E-state index contributed by atoms with van der Waals surface area (Å²) in [5.74, 6) is 0.197. The highest BCUT2D eigenvalue weighted by Gasteiger charge is 2.24. The van der Waals surface area contributed by atoms with E-state index in [2.05, 4.69) is 30.0 Å². The highest BCUT2D eigenvalue weighted by Crippen LogP contribution is 2.33. The zero-order valence-electron chi connectivity index (χ0n) is 10.5. The molecule has 0 amide bonds. The van der Waals surface area contributed by atoms with Gasteiger partial charge in [-0.3, -0.25) is 4.39 Å². The molecule has 0 radical (unpaired) electrons. The summed E-state index contributed by atoms with van der Waals surface area (Å²) < 4.78 is 13.9. The number of alkyl halides is 1. The Balaban J connectivity index is 1.94. The van der Waals surface area contributed by atoms with E-state index in [0.29, 0.717) is 0 Å². The van der Waals surface area contributed by atoms with Gasteiger partial charge in [0.15, 0.2) is 5.13 Å². The van der Waals surface area contributed by atoms with Crippen LogP contribution in [0.4, 0.5) is 9.52 Å². The molecule has 0 saturated carbocycles. The average molecular weight is 264 g/mol. The van der Waals surface area contributed by atoms with E-state index in [0.717, 1.165) is 36.6 Å². The minimum absolute atomic E-state index is 0.197. The number of para-hydroxylation sites is 1. The molecule has 2 heterocycles. The molecule has 1 unspecified atom stereocenters. The van der Waals surface area contributed by atoms with E-state index in [-0.39, 0.29) is 12.6 Å². The normalized spacial score (nSPS) is 19.9. The highest BCUT2D eigenvalue weighted by atomic mass is 32.1. The summed E-state index contributed by atoms with van der Waals surface area (Å²) >= 11 is 1.73. The summed E-state index contributed by atoms with van der Waals surface area (Å²) in [6.45, 7) is 3.71. The fraction of sp³-hybridized carbons (Fsp3) is 0.500. The SMILES string of the molecule is CCc1cccc2sc(N3CCC(CF)C3)nc12. The molecule has 1 aromatic carbocycles. The third kappa shape index (κ3) is 1.99. The molecule has 1 atom stereocenters. The number of halogens is 1. The first-order chi connectivity index (χ1) is 8.81. The molecule has 0 aliphatic carbocycles. The number of aromatic nitrogens is 1. The molecule has 1 aliphatic heterocycles. The van der Waals surface area contributed by atoms with Gasteiger partial charge < -0.3 is 4.90 Å². The van der Waals surface area contributed by atoms with Crippen molar-refractivity contribution in [2.45, 2.75) is 19.8 Å². The average Bonchev–Trinajstić information content (AvgIpc) is 3.03. The van der Waals surface area contributed by atoms with Crippen molar-refractivity contribution in [3.63, 3.8) is 0 Å². The van der Waals surface area contributed by atoms with Crippen LogP contribution >= 0.6 is 11.3 Å². The molecular weight excluding hydrogens is 247 g/mol. The van der Waals surface area contributed by atoms with Crippen LogP contribution in [0, 0.1) is 5.92 Å². The molecule has 0 N–H and O–H groups in total. The Morgan fingerprint density at radius 2 is 2.39 bits per heavy atom. The molecule has 2 aromatic rings. The van der Waals surface area contributed by atoms with Crippen molar-refractivity contribution in [1.82, 2.24) is 4.98 Å². The second kappa shape index (κ2) is 4.84. The van der Waals surface area contributed by atoms with Gasteiger partial charge in [-0.05, 0) is 24.5 Å². The number of benzene rings is 1. The van der Waals surface area contributed by atoms with Gasteiger partial charge in [-0.15, -0.1) is 0 Å². The summed E-state index contributed by atoms with van der Waals surface area (Å²) in [7, 11) is 0. The van der Waals surface area contributed by atoms with Gasteiger partial charge in [0, 0.05) is 19.0 Å². The number of hydrogen-bond donors (Lipinski definition) is 0. The van der Waals surface area contributed by atoms with E-state index in [1.807, 2.05) is 0 Å². The van der Waals surface area contributed by atoms with Gasteiger partial charge in [0.05, 0.1) is 16.9 Å². The van der Waals surface area contributed by atoms with E-state index in [1.165, 1.54) is 10.3 Å². The van der Waals surface area contributed by atoms with Gasteiger partial charge >= 0.3 is 0 Å². The maximum Gasteiger partial charge on any atom is 0.186 e. The van der Waals surface area contributed by atoms with Gasteiger partial charge in [0.2, 0.25) is 0 Å². The Labute approximate surface area is 110 Å². The van der Waals surface area contributed by atoms with Crippen LogP contribution in [0.25, 0.3) is 10.2 Å². The van der Waals surface area contributed by atoms with Crippen molar-refractivity contribution in [2.24, 2.45) is 5.92 Å². The number of rotatable bonds is 3. The molecular formula is C14H17FN2S. The van der Waals surface area contributed by atoms with Crippen LogP contribution in [0.2, 0.25) is 0 Å². The van der Waals surface area contributed by atoms with E-state index >= 15 is 0 Å². The third-order valence-electron chi connectivity index (χ3n) is 3.65. The second-order valence-corrected chi connectivity index (χ2v) is 5.88. The van der Waals surface area contributed by atoms with Crippen molar-refractivity contribution >= 4 is 26.7 Å². The van der Waals surface area contributed by atoms with Crippen LogP contribution in [0.3, 0.4) is 0 Å². The van der Waals surface area contributed by atoms with Crippen LogP contribution in [0.15, 0.2) is 18.2 Å². The summed E-state index contributed by atoms with van der Waals surface area (Å²) in [5, 5.41) is 1.06. The quantitative estimate of drug-likeness (QED) is 0.841. The Hall–Kier alpha value is -1.16. The van der Waals surface area contributed by atoms with Gasteiger partial charge in [0.25, 0.3) is 0 Å². The molecule has 4 heteroatoms. The predicted molar refractivity (Wildman–Crippen MR) is 75.3 cm³/mol. The molecule has 1 saturated heterocycles. The smallest absolute Gasteiger partial charge is 0.186 e. The van der Waals surface area contributed by atoms with Crippen molar-refractivity contribution in [1.29, 1.82) is 0 Å². The molecule has 0 spiro atoms. The van der Waals surface area contributed by atoms with Crippen molar-refractivity contribution < 1.29 is 4.39 Å². The first-order valence-corrected chi connectivity index (χ1v) is 7.32. The zero-order valence-corrected chi connectivity index (χ0v) is 11.3. The fourth-order valence-electron chi connectivity index (χ4n) is 2.55. The molecule has 0 bridgehead atoms. The molecule has 3 rings (SSSR count). The van der Waals surface area contributed by atoms with Crippen molar-refractivity contribution in [3.05, 3.63) is 23.8 Å². The Morgan fingerprint density at radius 3 is 3.11 bits per heavy atom. The van der Waals surface area contributed by atoms with Crippen LogP contribution in [-0.4, -0.2) is 24.7 Å². The summed E-state index contributed by atoms with van der Waals surface area (Å²) in [6.07, 6.45) is 1.96. The van der Waals surface area contributed by atoms with Gasteiger partial charge in [-0.1, -0.05) is 30.4 Å². The van der Waals surface area contributed by atoms with Crippen LogP contribution in [0.5, 0.6) is 0 Å². The first-order valence-electron chi connectivity index (χ1n) is 6.51. The third-order valence-corrected chi connectivity index (χ3v) is 4.73. The lowest BCUT2D eigenvalue weighted by Gasteiger charge is -2.13. The molecule has 1 fully saturated rings. The topological polar surface area (TPSA) is 16.1 Å². The zero-order chi connectivity index (χ0) is 12.5. The lowest BCUT2D eigenvalue weighted by molar-refractivity contribution is 0.385. The Morgan fingerprint density at radius 1 is 1.50 bits per heavy atom. The van der Waals surface area contributed by atoms with Gasteiger partial charge in [-0.25, -0.2) is 4.98 Å². The summed E-state index contributed by atoms with van der Waals surface area (Å²) in [5.41, 5.74) is 2.43. The number of fused-ring (bicyclic) bond motifs is 1. The lowest BCUT2D eigenvalue weighted by Crippen LogP contribution is -2.19. The van der Waals surface area contributed by atoms with Crippen LogP contribution in [-0.2, 0) is 6.42 Å². The van der Waals surface area contributed by atoms with Gasteiger partial charge in [0.1, 0.15) is 0 Å². The second-order valence-electron chi connectivity index (χ2n) is 4.87. The minimum Gasteiger partial charge on any atom is -0.348 e. The monoisotopic (exact) mass is 264 g/mol. The maximum absolute atomic E-state index is 12.7. The molecule has 1 aromatic heterocycles. The summed E-state index contributed by atoms with van der Waals surface area (Å²) in [4.78, 5) is 6.99. The van der Waals surface area contributed by atoms with Crippen LogP contribution in [0.1, 0.15) is 18.9 Å². The van der Waals surface area contributed by atoms with Crippen molar-refractivity contribution in [3.8, 4) is 0 Å². The molecule has 96 valence electrons. The lowest BCUT2D eigenvalue weighted by atomic mass is 10.1. The molecule has 18 heavy (non-hydrogen) atoms. The highest BCUT2D eigenvalue weighted by molar-refractivity contribution is 7.22. The molecule has 1 aliphatic rings. The van der Waals surface area contributed by atoms with E-state index in [1.54, 1.807) is 11.3 Å². The maximum atomic E-state index is 12.7. The number of thiazole rings is 1. The largest absolute Gasteiger partial charge is 0.348 e. The standard InChI is InChI=1S/C14H17FN2S/c1-2-11-4-3-5-12-13(11)16-14(18-12)17-7-6-10(8-15)9-17/h3-5,10H,2,6-9H2,1H3. The number of nitrogens with zero attached hydrogens (tertiary/aromatic N) is 2. The summed E-state index contributed by atoms with van der Waals surface area (Å²) in [6, 6.07) is 6.36. The fourth-order valence-corrected chi connectivity index (χ4v) is 3.60.